The second kappa shape index (κ2) is 8.11. The number of nitrogens with one attached hydrogen (secondary N) is 1. The predicted molar refractivity (Wildman–Crippen MR) is 109 cm³/mol. The molecule has 1 aliphatic rings. The summed E-state index contributed by atoms with van der Waals surface area (Å²) >= 11 is 1.18. The Kier molecular flexibility index (Phi) is 5.52. The highest BCUT2D eigenvalue weighted by Gasteiger charge is 2.35. The molecule has 1 N–H and O–H groups in total. The summed E-state index contributed by atoms with van der Waals surface area (Å²) in [6.45, 7) is 2.85. The summed E-state index contributed by atoms with van der Waals surface area (Å²) in [5.74, 6) is -0.214. The third-order valence-electron chi connectivity index (χ3n) is 4.89. The molecule has 0 atom stereocenters. The van der Waals surface area contributed by atoms with E-state index in [9.17, 15) is 18.0 Å². The van der Waals surface area contributed by atoms with Crippen molar-refractivity contribution in [3.05, 3.63) is 53.2 Å². The molecule has 0 saturated carbocycles. The quantitative estimate of drug-likeness (QED) is 0.656. The van der Waals surface area contributed by atoms with Crippen molar-refractivity contribution in [2.45, 2.75) is 6.18 Å². The molecular formula is C20H19F3N4O2S. The number of alkyl halides is 3. The van der Waals surface area contributed by atoms with Gasteiger partial charge in [0.15, 0.2) is 10.8 Å². The van der Waals surface area contributed by atoms with E-state index < -0.39 is 17.6 Å². The second-order valence-electron chi connectivity index (χ2n) is 6.99. The van der Waals surface area contributed by atoms with Gasteiger partial charge in [-0.2, -0.15) is 13.2 Å². The number of benzene rings is 1. The Morgan fingerprint density at radius 1 is 1.20 bits per heavy atom. The number of furan rings is 1. The lowest BCUT2D eigenvalue weighted by Gasteiger charge is -2.34. The van der Waals surface area contributed by atoms with E-state index in [0.29, 0.717) is 29.5 Å². The molecule has 0 aliphatic carbocycles. The lowest BCUT2D eigenvalue weighted by molar-refractivity contribution is -0.136. The van der Waals surface area contributed by atoms with Crippen LogP contribution < -0.4 is 10.2 Å². The van der Waals surface area contributed by atoms with Crippen molar-refractivity contribution in [3.63, 3.8) is 0 Å². The van der Waals surface area contributed by atoms with Gasteiger partial charge in [0.2, 0.25) is 0 Å². The number of halogens is 3. The van der Waals surface area contributed by atoms with E-state index in [4.69, 9.17) is 4.42 Å². The Bertz CT molecular complexity index is 1030. The maximum absolute atomic E-state index is 13.7. The number of aromatic nitrogens is 1. The van der Waals surface area contributed by atoms with Crippen LogP contribution in [0.3, 0.4) is 0 Å². The Morgan fingerprint density at radius 3 is 2.63 bits per heavy atom. The van der Waals surface area contributed by atoms with Crippen LogP contribution in [0.4, 0.5) is 24.5 Å². The largest absolute Gasteiger partial charge is 0.462 e. The van der Waals surface area contributed by atoms with Crippen LogP contribution in [0, 0.1) is 0 Å². The summed E-state index contributed by atoms with van der Waals surface area (Å²) in [4.78, 5) is 20.7. The molecule has 0 spiro atoms. The second-order valence-corrected chi connectivity index (χ2v) is 7.85. The molecule has 6 nitrogen and oxygen atoms in total. The van der Waals surface area contributed by atoms with E-state index in [-0.39, 0.29) is 11.4 Å². The summed E-state index contributed by atoms with van der Waals surface area (Å²) in [6.07, 6.45) is -3.12. The summed E-state index contributed by atoms with van der Waals surface area (Å²) in [5.41, 5.74) is -0.656. The SMILES string of the molecule is CN1CCN(c2ccc(NC(=O)c3csc(-c4ccco4)n3)c(C(F)(F)F)c2)CC1. The van der Waals surface area contributed by atoms with E-state index in [1.54, 1.807) is 18.2 Å². The van der Waals surface area contributed by atoms with Crippen molar-refractivity contribution in [1.82, 2.24) is 9.88 Å². The number of carbonyl (C=O) groups excluding carboxylic acids is 1. The van der Waals surface area contributed by atoms with Crippen LogP contribution in [0.25, 0.3) is 10.8 Å². The predicted octanol–water partition coefficient (Wildman–Crippen LogP) is 4.43. The summed E-state index contributed by atoms with van der Waals surface area (Å²) < 4.78 is 46.3. The van der Waals surface area contributed by atoms with E-state index in [1.165, 1.54) is 29.0 Å². The first-order chi connectivity index (χ1) is 14.3. The normalized spacial score (nSPS) is 15.4. The number of hydrogen-bond acceptors (Lipinski definition) is 6. The van der Waals surface area contributed by atoms with E-state index in [1.807, 2.05) is 11.9 Å². The highest BCUT2D eigenvalue weighted by Crippen LogP contribution is 2.38. The number of piperazine rings is 1. The van der Waals surface area contributed by atoms with Crippen LogP contribution in [0.1, 0.15) is 16.1 Å². The average molecular weight is 436 g/mol. The van der Waals surface area contributed by atoms with Gasteiger partial charge in [-0.05, 0) is 37.4 Å². The minimum absolute atomic E-state index is 0.0302. The Hall–Kier alpha value is -2.85. The van der Waals surface area contributed by atoms with Gasteiger partial charge < -0.3 is 19.5 Å². The molecule has 4 rings (SSSR count). The van der Waals surface area contributed by atoms with Gasteiger partial charge in [0.1, 0.15) is 5.69 Å². The van der Waals surface area contributed by atoms with Gasteiger partial charge in [-0.1, -0.05) is 0 Å². The molecular weight excluding hydrogens is 417 g/mol. The van der Waals surface area contributed by atoms with E-state index >= 15 is 0 Å². The zero-order valence-corrected chi connectivity index (χ0v) is 16.9. The first kappa shape index (κ1) is 20.4. The standard InChI is InChI=1S/C20H19F3N4O2S/c1-26-6-8-27(9-7-26)13-4-5-15(14(11-13)20(21,22)23)24-18(28)16-12-30-19(25-16)17-3-2-10-29-17/h2-5,10-12H,6-9H2,1H3,(H,24,28). The van der Waals surface area contributed by atoms with E-state index in [0.717, 1.165) is 19.2 Å². The fourth-order valence-electron chi connectivity index (χ4n) is 3.21. The number of amides is 1. The molecule has 2 aromatic heterocycles. The number of thiazole rings is 1. The maximum atomic E-state index is 13.7. The third kappa shape index (κ3) is 4.34. The van der Waals surface area contributed by atoms with Crippen molar-refractivity contribution in [1.29, 1.82) is 0 Å². The van der Waals surface area contributed by atoms with E-state index in [2.05, 4.69) is 15.2 Å². The van der Waals surface area contributed by atoms with Crippen molar-refractivity contribution < 1.29 is 22.4 Å². The van der Waals surface area contributed by atoms with Gasteiger partial charge in [-0.15, -0.1) is 11.3 Å². The zero-order chi connectivity index (χ0) is 21.3. The highest BCUT2D eigenvalue weighted by molar-refractivity contribution is 7.13. The summed E-state index contributed by atoms with van der Waals surface area (Å²) in [5, 5.41) is 4.32. The van der Waals surface area contributed by atoms with Crippen molar-refractivity contribution in [2.24, 2.45) is 0 Å². The number of nitrogens with zero attached hydrogens (tertiary/aromatic N) is 3. The van der Waals surface area contributed by atoms with Crippen molar-refractivity contribution in [3.8, 4) is 10.8 Å². The highest BCUT2D eigenvalue weighted by atomic mass is 32.1. The van der Waals surface area contributed by atoms with Crippen LogP contribution in [-0.2, 0) is 6.18 Å². The molecule has 158 valence electrons. The first-order valence-corrected chi connectivity index (χ1v) is 10.1. The van der Waals surface area contributed by atoms with Crippen LogP contribution in [0.15, 0.2) is 46.4 Å². The van der Waals surface area contributed by atoms with Gasteiger partial charge in [-0.25, -0.2) is 4.98 Å². The topological polar surface area (TPSA) is 61.6 Å². The first-order valence-electron chi connectivity index (χ1n) is 9.27. The molecule has 30 heavy (non-hydrogen) atoms. The molecule has 3 heterocycles. The Balaban J connectivity index is 1.56. The molecule has 1 saturated heterocycles. The fourth-order valence-corrected chi connectivity index (χ4v) is 3.98. The monoisotopic (exact) mass is 436 g/mol. The number of carbonyl (C=O) groups is 1. The average Bonchev–Trinajstić information content (AvgIpc) is 3.40. The third-order valence-corrected chi connectivity index (χ3v) is 5.75. The van der Waals surface area contributed by atoms with Crippen LogP contribution in [0.5, 0.6) is 0 Å². The smallest absolute Gasteiger partial charge is 0.418 e. The lowest BCUT2D eigenvalue weighted by Crippen LogP contribution is -2.44. The molecule has 1 fully saturated rings. The van der Waals surface area contributed by atoms with Crippen molar-refractivity contribution >= 4 is 28.6 Å². The molecule has 0 unspecified atom stereocenters. The van der Waals surface area contributed by atoms with Crippen LogP contribution in [0.2, 0.25) is 0 Å². The molecule has 1 aromatic carbocycles. The Labute approximate surface area is 174 Å². The Morgan fingerprint density at radius 2 is 1.97 bits per heavy atom. The summed E-state index contributed by atoms with van der Waals surface area (Å²) in [7, 11) is 1.98. The minimum atomic E-state index is -4.60. The molecule has 1 amide bonds. The number of likely N-dealkylation sites (N-methyl/N-ethyl adjacent to an activating group) is 1. The molecule has 3 aromatic rings. The fraction of sp³-hybridized carbons (Fsp3) is 0.300. The van der Waals surface area contributed by atoms with Crippen LogP contribution >= 0.6 is 11.3 Å². The molecule has 1 aliphatic heterocycles. The number of anilines is 2. The maximum Gasteiger partial charge on any atom is 0.418 e. The van der Waals surface area contributed by atoms with Gasteiger partial charge in [0, 0.05) is 37.2 Å². The van der Waals surface area contributed by atoms with Crippen LogP contribution in [-0.4, -0.2) is 49.0 Å². The van der Waals surface area contributed by atoms with Gasteiger partial charge >= 0.3 is 6.18 Å². The lowest BCUT2D eigenvalue weighted by atomic mass is 10.1. The van der Waals surface area contributed by atoms with Gasteiger partial charge in [-0.3, -0.25) is 4.79 Å². The summed E-state index contributed by atoms with van der Waals surface area (Å²) in [6, 6.07) is 7.38. The minimum Gasteiger partial charge on any atom is -0.462 e. The number of hydrogen-bond donors (Lipinski definition) is 1. The molecule has 0 bridgehead atoms. The van der Waals surface area contributed by atoms with Gasteiger partial charge in [0.25, 0.3) is 5.91 Å². The molecule has 10 heteroatoms. The van der Waals surface area contributed by atoms with Gasteiger partial charge in [0.05, 0.1) is 17.5 Å². The zero-order valence-electron chi connectivity index (χ0n) is 16.1. The van der Waals surface area contributed by atoms with Crippen molar-refractivity contribution in [2.75, 3.05) is 43.4 Å². The number of rotatable bonds is 4. The molecule has 0 radical (unpaired) electrons.